The van der Waals surface area contributed by atoms with Crippen LogP contribution in [0.1, 0.15) is 91.8 Å². The van der Waals surface area contributed by atoms with Crippen LogP contribution in [0, 0.1) is 17.2 Å². The maximum atomic E-state index is 15.9. The molecule has 12 heteroatoms. The van der Waals surface area contributed by atoms with Crippen molar-refractivity contribution in [1.29, 1.82) is 0 Å². The van der Waals surface area contributed by atoms with Crippen molar-refractivity contribution in [1.82, 2.24) is 29.7 Å². The van der Waals surface area contributed by atoms with Gasteiger partial charge in [-0.2, -0.15) is 5.10 Å². The summed E-state index contributed by atoms with van der Waals surface area (Å²) in [6.07, 6.45) is 8.64. The molecule has 11 nitrogen and oxygen atoms in total. The van der Waals surface area contributed by atoms with E-state index in [1.54, 1.807) is 36.3 Å². The van der Waals surface area contributed by atoms with Gasteiger partial charge in [-0.1, -0.05) is 57.9 Å². The quantitative estimate of drug-likeness (QED) is 0.141. The van der Waals surface area contributed by atoms with Gasteiger partial charge in [0.1, 0.15) is 11.5 Å². The number of hydrogen-bond acceptors (Lipinski definition) is 9. The third-order valence-corrected chi connectivity index (χ3v) is 10.5. The number of pyridine rings is 1. The first kappa shape index (κ1) is 36.4. The van der Waals surface area contributed by atoms with Crippen molar-refractivity contribution in [3.8, 4) is 11.5 Å². The van der Waals surface area contributed by atoms with E-state index in [1.807, 2.05) is 25.1 Å². The molecule has 4 bridgehead atoms. The molecule has 52 heavy (non-hydrogen) atoms. The highest BCUT2D eigenvalue weighted by molar-refractivity contribution is 6.12. The van der Waals surface area contributed by atoms with Crippen LogP contribution in [0.2, 0.25) is 0 Å². The molecule has 0 saturated carbocycles. The lowest BCUT2D eigenvalue weighted by molar-refractivity contribution is -0.144. The number of H-pyrrole nitrogens is 1. The van der Waals surface area contributed by atoms with Crippen molar-refractivity contribution in [3.05, 3.63) is 112 Å². The SMILES string of the molecule is COC(=O)C(C)Cc1cccc([C@@]2(C)CCCCC(C)(C)/C(N)=C/N(N)Cc3c(c(F)cc4[nH]ccc34)C(=O)c3ccnc(c3)-c3nc2nn3C)c1. The molecule has 1 unspecified atom stereocenters. The minimum absolute atomic E-state index is 0.0460. The predicted octanol–water partition coefficient (Wildman–Crippen LogP) is 6.46. The van der Waals surface area contributed by atoms with Crippen LogP contribution >= 0.6 is 0 Å². The maximum Gasteiger partial charge on any atom is 0.308 e. The molecule has 6 rings (SSSR count). The van der Waals surface area contributed by atoms with Gasteiger partial charge in [0, 0.05) is 53.2 Å². The summed E-state index contributed by atoms with van der Waals surface area (Å²) in [5.41, 5.74) is 9.86. The zero-order valence-corrected chi connectivity index (χ0v) is 30.7. The summed E-state index contributed by atoms with van der Waals surface area (Å²) >= 11 is 0. The highest BCUT2D eigenvalue weighted by Crippen LogP contribution is 2.39. The van der Waals surface area contributed by atoms with Crippen LogP contribution < -0.4 is 11.6 Å². The lowest BCUT2D eigenvalue weighted by Crippen LogP contribution is -2.31. The summed E-state index contributed by atoms with van der Waals surface area (Å²) in [6.45, 7) is 8.20. The van der Waals surface area contributed by atoms with Crippen LogP contribution in [-0.4, -0.2) is 48.6 Å². The van der Waals surface area contributed by atoms with E-state index in [2.05, 4.69) is 42.9 Å². The Morgan fingerprint density at radius 2 is 1.88 bits per heavy atom. The number of fused-ring (bicyclic) bond motifs is 8. The summed E-state index contributed by atoms with van der Waals surface area (Å²) in [7, 11) is 3.20. The standard InChI is InChI=1S/C40H47FN8O3/c1-24(37(51)52-6)18-25-10-9-11-27(19-25)40(4)15-8-7-14-39(2,3)33(42)23-49(43)22-29-28-13-17-44-31(28)21-30(41)34(29)35(50)26-12-16-45-32(20-26)36-46-38(40)47-48(36)5/h9-13,16-17,19-21,23-24,44H,7-8,14-15,18,22,42-43H2,1-6H3/b33-23-/t24?,40-/m1/s1. The molecule has 1 aliphatic rings. The zero-order chi connectivity index (χ0) is 37.4. The Bertz CT molecular complexity index is 2170. The summed E-state index contributed by atoms with van der Waals surface area (Å²) in [5, 5.41) is 7.05. The second-order valence-electron chi connectivity index (χ2n) is 14.8. The fraction of sp³-hybridized carbons (Fsp3) is 0.375. The molecule has 2 aromatic carbocycles. The van der Waals surface area contributed by atoms with Gasteiger partial charge in [-0.15, -0.1) is 0 Å². The first-order valence-electron chi connectivity index (χ1n) is 17.6. The number of aromatic amines is 1. The number of benzene rings is 2. The summed E-state index contributed by atoms with van der Waals surface area (Å²) in [5.74, 6) is 5.88. The molecule has 0 saturated heterocycles. The number of nitrogens with one attached hydrogen (secondary N) is 1. The van der Waals surface area contributed by atoms with Gasteiger partial charge < -0.3 is 20.5 Å². The first-order valence-corrected chi connectivity index (χ1v) is 17.6. The Morgan fingerprint density at radius 1 is 1.12 bits per heavy atom. The fourth-order valence-electron chi connectivity index (χ4n) is 7.17. The monoisotopic (exact) mass is 706 g/mol. The Labute approximate surface area is 303 Å². The van der Waals surface area contributed by atoms with Gasteiger partial charge in [0.2, 0.25) is 0 Å². The van der Waals surface area contributed by atoms with E-state index in [0.29, 0.717) is 45.9 Å². The molecule has 0 amide bonds. The van der Waals surface area contributed by atoms with Gasteiger partial charge in [-0.05, 0) is 67.1 Å². The number of nitrogens with zero attached hydrogens (tertiary/aromatic N) is 5. The number of esters is 1. The van der Waals surface area contributed by atoms with E-state index in [-0.39, 0.29) is 29.6 Å². The van der Waals surface area contributed by atoms with Crippen molar-refractivity contribution >= 4 is 22.7 Å². The number of hydrogen-bond donors (Lipinski definition) is 3. The van der Waals surface area contributed by atoms with E-state index < -0.39 is 22.4 Å². The number of carbonyl (C=O) groups is 2. The molecule has 1 aliphatic heterocycles. The minimum Gasteiger partial charge on any atom is -0.469 e. The van der Waals surface area contributed by atoms with Crippen LogP contribution in [0.25, 0.3) is 22.4 Å². The predicted molar refractivity (Wildman–Crippen MR) is 198 cm³/mol. The molecule has 272 valence electrons. The third kappa shape index (κ3) is 7.07. The number of halogens is 1. The fourth-order valence-corrected chi connectivity index (χ4v) is 7.17. The lowest BCUT2D eigenvalue weighted by atomic mass is 9.75. The Kier molecular flexibility index (Phi) is 10.0. The van der Waals surface area contributed by atoms with E-state index >= 15 is 4.39 Å². The van der Waals surface area contributed by atoms with Gasteiger partial charge in [-0.25, -0.2) is 19.9 Å². The molecule has 3 aromatic heterocycles. The second kappa shape index (κ2) is 14.3. The number of aryl methyl sites for hydroxylation is 1. The van der Waals surface area contributed by atoms with E-state index in [4.69, 9.17) is 26.4 Å². The highest BCUT2D eigenvalue weighted by atomic mass is 19.1. The number of ketones is 1. The summed E-state index contributed by atoms with van der Waals surface area (Å²) < 4.78 is 22.6. The Hall–Kier alpha value is -5.36. The lowest BCUT2D eigenvalue weighted by Gasteiger charge is -2.30. The molecule has 0 spiro atoms. The number of allylic oxidation sites excluding steroid dienone is 1. The molecule has 0 aliphatic carbocycles. The van der Waals surface area contributed by atoms with Crippen molar-refractivity contribution < 1.29 is 18.7 Å². The average Bonchev–Trinajstić information content (AvgIpc) is 3.76. The van der Waals surface area contributed by atoms with E-state index in [9.17, 15) is 9.59 Å². The van der Waals surface area contributed by atoms with Crippen LogP contribution in [0.3, 0.4) is 0 Å². The van der Waals surface area contributed by atoms with Crippen LogP contribution in [0.4, 0.5) is 4.39 Å². The third-order valence-electron chi connectivity index (χ3n) is 10.5. The molecule has 5 N–H and O–H groups in total. The molecule has 0 fully saturated rings. The zero-order valence-electron chi connectivity index (χ0n) is 30.7. The number of aromatic nitrogens is 5. The number of nitrogens with two attached hydrogens (primary N) is 2. The van der Waals surface area contributed by atoms with Crippen molar-refractivity contribution in [2.24, 2.45) is 30.0 Å². The second-order valence-corrected chi connectivity index (χ2v) is 14.8. The number of rotatable bonds is 4. The number of ether oxygens (including phenoxy) is 1. The molecule has 4 heterocycles. The average molecular weight is 707 g/mol. The summed E-state index contributed by atoms with van der Waals surface area (Å²) in [4.78, 5) is 39.2. The number of methoxy groups -OCH3 is 1. The first-order chi connectivity index (χ1) is 24.7. The van der Waals surface area contributed by atoms with Crippen LogP contribution in [0.15, 0.2) is 72.8 Å². The van der Waals surface area contributed by atoms with E-state index in [1.165, 1.54) is 24.4 Å². The van der Waals surface area contributed by atoms with E-state index in [0.717, 1.165) is 36.8 Å². The number of carbonyl (C=O) groups excluding carboxylic acids is 2. The number of hydrazine groups is 1. The minimum atomic E-state index is -0.662. The van der Waals surface area contributed by atoms with Gasteiger partial charge in [0.15, 0.2) is 17.4 Å². The van der Waals surface area contributed by atoms with Gasteiger partial charge in [0.05, 0.1) is 30.6 Å². The largest absolute Gasteiger partial charge is 0.469 e. The topological polar surface area (TPSA) is 158 Å². The Balaban J connectivity index is 1.49. The van der Waals surface area contributed by atoms with Crippen molar-refractivity contribution in [2.75, 3.05) is 7.11 Å². The molecule has 0 radical (unpaired) electrons. The van der Waals surface area contributed by atoms with Crippen molar-refractivity contribution in [3.63, 3.8) is 0 Å². The van der Waals surface area contributed by atoms with Gasteiger partial charge in [0.25, 0.3) is 0 Å². The molecule has 5 aromatic rings. The van der Waals surface area contributed by atoms with Crippen molar-refractivity contribution in [2.45, 2.75) is 71.8 Å². The summed E-state index contributed by atoms with van der Waals surface area (Å²) in [6, 6.07) is 14.6. The molecule has 2 atom stereocenters. The Morgan fingerprint density at radius 3 is 2.65 bits per heavy atom. The molecular formula is C40H47FN8O3. The van der Waals surface area contributed by atoms with Gasteiger partial charge in [-0.3, -0.25) is 14.6 Å². The van der Waals surface area contributed by atoms with Crippen LogP contribution in [0.5, 0.6) is 0 Å². The molecular weight excluding hydrogens is 659 g/mol. The highest BCUT2D eigenvalue weighted by Gasteiger charge is 2.35. The maximum absolute atomic E-state index is 15.9. The van der Waals surface area contributed by atoms with Crippen LogP contribution in [-0.2, 0) is 35.0 Å². The smallest absolute Gasteiger partial charge is 0.308 e. The van der Waals surface area contributed by atoms with Gasteiger partial charge >= 0.3 is 5.97 Å². The normalized spacial score (nSPS) is 19.9.